The monoisotopic (exact) mass is 351 g/mol. The number of hydrogen-bond donors (Lipinski definition) is 1. The quantitative estimate of drug-likeness (QED) is 0.840. The van der Waals surface area contributed by atoms with Crippen LogP contribution in [0.2, 0.25) is 0 Å². The normalized spacial score (nSPS) is 12.0. The molecule has 0 bridgehead atoms. The lowest BCUT2D eigenvalue weighted by Gasteiger charge is -2.18. The number of ether oxygens (including phenoxy) is 1. The van der Waals surface area contributed by atoms with Crippen LogP contribution in [0.4, 0.5) is 5.69 Å². The van der Waals surface area contributed by atoms with Gasteiger partial charge >= 0.3 is 5.97 Å². The Morgan fingerprint density at radius 3 is 2.86 bits per heavy atom. The number of esters is 1. The number of nitrogens with one attached hydrogen (secondary N) is 1. The zero-order valence-electron chi connectivity index (χ0n) is 12.3. The van der Waals surface area contributed by atoms with E-state index < -0.39 is 6.04 Å². The maximum atomic E-state index is 12.3. The summed E-state index contributed by atoms with van der Waals surface area (Å²) in [6.45, 7) is 4.07. The lowest BCUT2D eigenvalue weighted by Crippen LogP contribution is -2.24. The first-order valence-corrected chi connectivity index (χ1v) is 7.49. The highest BCUT2D eigenvalue weighted by Crippen LogP contribution is 2.25. The predicted octanol–water partition coefficient (Wildman–Crippen LogP) is 3.21. The lowest BCUT2D eigenvalue weighted by molar-refractivity contribution is -0.144. The highest BCUT2D eigenvalue weighted by Gasteiger charge is 2.25. The van der Waals surface area contributed by atoms with Gasteiger partial charge in [-0.15, -0.1) is 0 Å². The molecule has 1 aromatic heterocycles. The summed E-state index contributed by atoms with van der Waals surface area (Å²) in [5.74, 6) is -0.312. The van der Waals surface area contributed by atoms with Crippen LogP contribution < -0.4 is 5.32 Å². The van der Waals surface area contributed by atoms with Crippen LogP contribution in [0.1, 0.15) is 24.2 Å². The first-order valence-electron chi connectivity index (χ1n) is 6.70. The number of rotatable bonds is 5. The number of carbonyl (C=O) groups is 1. The molecule has 1 N–H and O–H groups in total. The second kappa shape index (κ2) is 6.76. The number of nitrogens with zero attached hydrogens (tertiary/aromatic N) is 2. The minimum atomic E-state index is -0.576. The fourth-order valence-corrected chi connectivity index (χ4v) is 2.43. The molecule has 0 aliphatic heterocycles. The van der Waals surface area contributed by atoms with E-state index in [1.165, 1.54) is 0 Å². The number of halogens is 1. The van der Waals surface area contributed by atoms with E-state index in [0.29, 0.717) is 6.61 Å². The van der Waals surface area contributed by atoms with Crippen LogP contribution in [0.3, 0.4) is 0 Å². The van der Waals surface area contributed by atoms with Crippen LogP contribution in [-0.4, -0.2) is 22.4 Å². The van der Waals surface area contributed by atoms with Crippen LogP contribution in [0.15, 0.2) is 34.9 Å². The van der Waals surface area contributed by atoms with Crippen LogP contribution >= 0.6 is 15.9 Å². The van der Waals surface area contributed by atoms with Crippen molar-refractivity contribution in [2.45, 2.75) is 19.9 Å². The van der Waals surface area contributed by atoms with Crippen molar-refractivity contribution in [2.75, 3.05) is 11.9 Å². The summed E-state index contributed by atoms with van der Waals surface area (Å²) in [5.41, 5.74) is 2.58. The Morgan fingerprint density at radius 1 is 1.52 bits per heavy atom. The number of hydrogen-bond acceptors (Lipinski definition) is 4. The first kappa shape index (κ1) is 15.6. The Kier molecular flexibility index (Phi) is 5.01. The van der Waals surface area contributed by atoms with Gasteiger partial charge in [-0.3, -0.25) is 4.68 Å². The smallest absolute Gasteiger partial charge is 0.333 e. The van der Waals surface area contributed by atoms with Crippen molar-refractivity contribution in [2.24, 2.45) is 7.05 Å². The summed E-state index contributed by atoms with van der Waals surface area (Å²) >= 11 is 3.42. The highest BCUT2D eigenvalue weighted by atomic mass is 79.9. The standard InChI is InChI=1S/C15H18BrN3O2/c1-4-21-15(20)14(13-9-17-19(3)10(13)2)18-12-7-5-6-11(16)8-12/h5-9,14,18H,4H2,1-3H3. The van der Waals surface area contributed by atoms with E-state index in [1.54, 1.807) is 17.8 Å². The molecule has 0 aliphatic carbocycles. The van der Waals surface area contributed by atoms with Gasteiger partial charge in [0.25, 0.3) is 0 Å². The molecule has 1 atom stereocenters. The summed E-state index contributed by atoms with van der Waals surface area (Å²) in [7, 11) is 1.85. The maximum Gasteiger partial charge on any atom is 0.333 e. The third-order valence-electron chi connectivity index (χ3n) is 3.24. The van der Waals surface area contributed by atoms with Crippen molar-refractivity contribution < 1.29 is 9.53 Å². The van der Waals surface area contributed by atoms with Crippen LogP contribution in [0.5, 0.6) is 0 Å². The summed E-state index contributed by atoms with van der Waals surface area (Å²) < 4.78 is 7.86. The summed E-state index contributed by atoms with van der Waals surface area (Å²) in [4.78, 5) is 12.3. The zero-order chi connectivity index (χ0) is 15.4. The number of carbonyl (C=O) groups excluding carboxylic acids is 1. The second-order valence-electron chi connectivity index (χ2n) is 4.65. The molecule has 1 unspecified atom stereocenters. The molecule has 6 heteroatoms. The Morgan fingerprint density at radius 2 is 2.29 bits per heavy atom. The van der Waals surface area contributed by atoms with Gasteiger partial charge in [-0.2, -0.15) is 5.10 Å². The molecule has 0 fully saturated rings. The summed E-state index contributed by atoms with van der Waals surface area (Å²) in [6.07, 6.45) is 1.70. The van der Waals surface area contributed by atoms with Crippen molar-refractivity contribution in [1.82, 2.24) is 9.78 Å². The number of anilines is 1. The molecule has 112 valence electrons. The van der Waals surface area contributed by atoms with E-state index in [0.717, 1.165) is 21.4 Å². The highest BCUT2D eigenvalue weighted by molar-refractivity contribution is 9.10. The first-order chi connectivity index (χ1) is 10.0. The van der Waals surface area contributed by atoms with Gasteiger partial charge in [0, 0.05) is 28.5 Å². The minimum Gasteiger partial charge on any atom is -0.464 e. The van der Waals surface area contributed by atoms with Gasteiger partial charge in [-0.25, -0.2) is 4.79 Å². The van der Waals surface area contributed by atoms with Crippen molar-refractivity contribution in [1.29, 1.82) is 0 Å². The average molecular weight is 352 g/mol. The van der Waals surface area contributed by atoms with E-state index in [-0.39, 0.29) is 5.97 Å². The van der Waals surface area contributed by atoms with Crippen LogP contribution in [0, 0.1) is 6.92 Å². The molecule has 0 amide bonds. The van der Waals surface area contributed by atoms with Gasteiger partial charge in [0.2, 0.25) is 0 Å². The van der Waals surface area contributed by atoms with Gasteiger partial charge in [0.1, 0.15) is 0 Å². The molecule has 0 aliphatic rings. The second-order valence-corrected chi connectivity index (χ2v) is 5.56. The SMILES string of the molecule is CCOC(=O)C(Nc1cccc(Br)c1)c1cnn(C)c1C. The fraction of sp³-hybridized carbons (Fsp3) is 0.333. The number of aryl methyl sites for hydroxylation is 1. The molecule has 0 saturated heterocycles. The van der Waals surface area contributed by atoms with E-state index in [4.69, 9.17) is 4.74 Å². The molecule has 2 rings (SSSR count). The molecule has 0 spiro atoms. The van der Waals surface area contributed by atoms with E-state index >= 15 is 0 Å². The van der Waals surface area contributed by atoms with E-state index in [2.05, 4.69) is 26.3 Å². The van der Waals surface area contributed by atoms with Gasteiger partial charge < -0.3 is 10.1 Å². The van der Waals surface area contributed by atoms with Crippen LogP contribution in [-0.2, 0) is 16.6 Å². The zero-order valence-corrected chi connectivity index (χ0v) is 13.8. The van der Waals surface area contributed by atoms with Gasteiger partial charge in [0.15, 0.2) is 6.04 Å². The Hall–Kier alpha value is -1.82. The van der Waals surface area contributed by atoms with Crippen molar-refractivity contribution in [3.05, 3.63) is 46.2 Å². The maximum absolute atomic E-state index is 12.3. The topological polar surface area (TPSA) is 56.1 Å². The third kappa shape index (κ3) is 3.64. The van der Waals surface area contributed by atoms with Crippen molar-refractivity contribution >= 4 is 27.6 Å². The van der Waals surface area contributed by atoms with Gasteiger partial charge in [-0.05, 0) is 32.0 Å². The number of aromatic nitrogens is 2. The summed E-state index contributed by atoms with van der Waals surface area (Å²) in [6, 6.07) is 7.08. The Balaban J connectivity index is 2.32. The molecular weight excluding hydrogens is 334 g/mol. The molecule has 0 saturated carbocycles. The van der Waals surface area contributed by atoms with E-state index in [9.17, 15) is 4.79 Å². The molecule has 5 nitrogen and oxygen atoms in total. The van der Waals surface area contributed by atoms with Crippen molar-refractivity contribution in [3.63, 3.8) is 0 Å². The van der Waals surface area contributed by atoms with E-state index in [1.807, 2.05) is 38.2 Å². The Labute approximate surface area is 132 Å². The molecular formula is C15H18BrN3O2. The largest absolute Gasteiger partial charge is 0.464 e. The summed E-state index contributed by atoms with van der Waals surface area (Å²) in [5, 5.41) is 7.42. The Bertz CT molecular complexity index is 640. The average Bonchev–Trinajstić information content (AvgIpc) is 2.77. The fourth-order valence-electron chi connectivity index (χ4n) is 2.03. The van der Waals surface area contributed by atoms with Crippen LogP contribution in [0.25, 0.3) is 0 Å². The lowest BCUT2D eigenvalue weighted by atomic mass is 10.1. The molecule has 0 radical (unpaired) electrons. The van der Waals surface area contributed by atoms with Crippen molar-refractivity contribution in [3.8, 4) is 0 Å². The number of benzene rings is 1. The molecule has 1 aromatic carbocycles. The van der Waals surface area contributed by atoms with Gasteiger partial charge in [-0.1, -0.05) is 22.0 Å². The molecule has 2 aromatic rings. The molecule has 1 heterocycles. The molecule has 21 heavy (non-hydrogen) atoms. The third-order valence-corrected chi connectivity index (χ3v) is 3.74. The predicted molar refractivity (Wildman–Crippen MR) is 85.1 cm³/mol. The minimum absolute atomic E-state index is 0.312. The van der Waals surface area contributed by atoms with Gasteiger partial charge in [0.05, 0.1) is 12.8 Å².